The lowest BCUT2D eigenvalue weighted by molar-refractivity contribution is -0.124. The summed E-state index contributed by atoms with van der Waals surface area (Å²) in [4.78, 5) is 28.6. The SMILES string of the molecule is CN1C(=O)c2ccccc2C(C(=O)NCc2ccc(F)cc2)C1c1cn(C)c2ccccc12. The summed E-state index contributed by atoms with van der Waals surface area (Å²) in [5.41, 5.74) is 4.03. The minimum absolute atomic E-state index is 0.105. The van der Waals surface area contributed by atoms with Gasteiger partial charge in [0.2, 0.25) is 5.91 Å². The van der Waals surface area contributed by atoms with Gasteiger partial charge >= 0.3 is 0 Å². The van der Waals surface area contributed by atoms with Gasteiger partial charge in [0.1, 0.15) is 5.82 Å². The van der Waals surface area contributed by atoms with E-state index in [1.54, 1.807) is 30.1 Å². The third kappa shape index (κ3) is 3.57. The molecule has 5 rings (SSSR count). The number of carbonyl (C=O) groups is 2. The number of likely N-dealkylation sites (N-methyl/N-ethyl adjacent to an activating group) is 1. The van der Waals surface area contributed by atoms with Crippen molar-refractivity contribution in [2.75, 3.05) is 7.05 Å². The number of amides is 2. The van der Waals surface area contributed by atoms with E-state index in [4.69, 9.17) is 0 Å². The second kappa shape index (κ2) is 8.20. The maximum atomic E-state index is 13.6. The maximum Gasteiger partial charge on any atom is 0.254 e. The molecule has 3 aromatic carbocycles. The van der Waals surface area contributed by atoms with Crippen LogP contribution >= 0.6 is 0 Å². The summed E-state index contributed by atoms with van der Waals surface area (Å²) >= 11 is 0. The van der Waals surface area contributed by atoms with Gasteiger partial charge in [0.05, 0.1) is 12.0 Å². The second-order valence-corrected chi connectivity index (χ2v) is 8.48. The van der Waals surface area contributed by atoms with Crippen LogP contribution < -0.4 is 5.32 Å². The number of halogens is 1. The normalized spacial score (nSPS) is 17.8. The van der Waals surface area contributed by atoms with Crippen LogP contribution in [0.4, 0.5) is 4.39 Å². The number of para-hydroxylation sites is 1. The number of aromatic nitrogens is 1. The number of benzene rings is 3. The molecule has 2 heterocycles. The van der Waals surface area contributed by atoms with Gasteiger partial charge in [-0.25, -0.2) is 4.39 Å². The molecule has 1 aliphatic rings. The number of hydrogen-bond donors (Lipinski definition) is 1. The Kier molecular flexibility index (Phi) is 5.21. The summed E-state index contributed by atoms with van der Waals surface area (Å²) in [5.74, 6) is -1.19. The lowest BCUT2D eigenvalue weighted by Gasteiger charge is -2.39. The molecule has 1 aliphatic heterocycles. The molecule has 5 nitrogen and oxygen atoms in total. The van der Waals surface area contributed by atoms with Gasteiger partial charge in [-0.05, 0) is 35.4 Å². The first-order valence-electron chi connectivity index (χ1n) is 10.9. The molecule has 0 bridgehead atoms. The summed E-state index contributed by atoms with van der Waals surface area (Å²) in [7, 11) is 3.72. The molecule has 1 aromatic heterocycles. The van der Waals surface area contributed by atoms with Crippen molar-refractivity contribution in [2.24, 2.45) is 7.05 Å². The Hall–Kier alpha value is -3.93. The van der Waals surface area contributed by atoms with Gasteiger partial charge < -0.3 is 14.8 Å². The van der Waals surface area contributed by atoms with Crippen molar-refractivity contribution >= 4 is 22.7 Å². The average molecular weight is 442 g/mol. The van der Waals surface area contributed by atoms with Gasteiger partial charge in [-0.3, -0.25) is 9.59 Å². The van der Waals surface area contributed by atoms with Crippen LogP contribution in [-0.4, -0.2) is 28.3 Å². The highest BCUT2D eigenvalue weighted by atomic mass is 19.1. The van der Waals surface area contributed by atoms with E-state index in [0.29, 0.717) is 5.56 Å². The Morgan fingerprint density at radius 2 is 1.64 bits per heavy atom. The highest BCUT2D eigenvalue weighted by Crippen LogP contribution is 2.44. The molecule has 1 N–H and O–H groups in total. The van der Waals surface area contributed by atoms with E-state index in [2.05, 4.69) is 5.32 Å². The van der Waals surface area contributed by atoms with E-state index in [1.807, 2.05) is 60.3 Å². The Labute approximate surface area is 191 Å². The number of nitrogens with zero attached hydrogens (tertiary/aromatic N) is 2. The first-order chi connectivity index (χ1) is 16.0. The summed E-state index contributed by atoms with van der Waals surface area (Å²) in [6, 6.07) is 20.9. The summed E-state index contributed by atoms with van der Waals surface area (Å²) < 4.78 is 15.3. The lowest BCUT2D eigenvalue weighted by Crippen LogP contribution is -2.45. The molecule has 0 radical (unpaired) electrons. The van der Waals surface area contributed by atoms with Gasteiger partial charge in [-0.15, -0.1) is 0 Å². The number of fused-ring (bicyclic) bond motifs is 2. The molecule has 2 unspecified atom stereocenters. The fourth-order valence-electron chi connectivity index (χ4n) is 4.86. The van der Waals surface area contributed by atoms with Crippen LogP contribution in [0.1, 0.15) is 39.0 Å². The molecule has 0 saturated heterocycles. The largest absolute Gasteiger partial charge is 0.351 e. The zero-order valence-electron chi connectivity index (χ0n) is 18.5. The average Bonchev–Trinajstić information content (AvgIpc) is 3.17. The lowest BCUT2D eigenvalue weighted by atomic mass is 9.79. The van der Waals surface area contributed by atoms with E-state index in [0.717, 1.165) is 27.6 Å². The fraction of sp³-hybridized carbons (Fsp3) is 0.185. The van der Waals surface area contributed by atoms with Crippen LogP contribution in [0.25, 0.3) is 10.9 Å². The van der Waals surface area contributed by atoms with Crippen LogP contribution in [0, 0.1) is 5.82 Å². The highest BCUT2D eigenvalue weighted by molar-refractivity contribution is 6.02. The molecular weight excluding hydrogens is 417 g/mol. The molecule has 166 valence electrons. The summed E-state index contributed by atoms with van der Waals surface area (Å²) in [6.45, 7) is 0.275. The molecule has 6 heteroatoms. The van der Waals surface area contributed by atoms with E-state index >= 15 is 0 Å². The number of aryl methyl sites for hydroxylation is 1. The monoisotopic (exact) mass is 441 g/mol. The topological polar surface area (TPSA) is 54.3 Å². The quantitative estimate of drug-likeness (QED) is 0.505. The standard InChI is InChI=1S/C27H24FN3O2/c1-30-16-22(19-7-5-6-10-23(19)30)25-24(20-8-3-4-9-21(20)27(33)31(25)2)26(32)29-15-17-11-13-18(28)14-12-17/h3-14,16,24-25H,15H2,1-2H3,(H,29,32). The van der Waals surface area contributed by atoms with Crippen molar-refractivity contribution in [3.63, 3.8) is 0 Å². The van der Waals surface area contributed by atoms with Gasteiger partial charge in [-0.1, -0.05) is 48.5 Å². The number of rotatable bonds is 4. The predicted octanol–water partition coefficient (Wildman–Crippen LogP) is 4.54. The Morgan fingerprint density at radius 3 is 2.42 bits per heavy atom. The fourth-order valence-corrected chi connectivity index (χ4v) is 4.86. The first-order valence-corrected chi connectivity index (χ1v) is 10.9. The molecule has 4 aromatic rings. The number of nitrogens with one attached hydrogen (secondary N) is 1. The van der Waals surface area contributed by atoms with Crippen molar-refractivity contribution in [1.82, 2.24) is 14.8 Å². The molecule has 0 fully saturated rings. The predicted molar refractivity (Wildman–Crippen MR) is 125 cm³/mol. The van der Waals surface area contributed by atoms with E-state index in [9.17, 15) is 14.0 Å². The minimum atomic E-state index is -0.588. The van der Waals surface area contributed by atoms with Crippen molar-refractivity contribution in [2.45, 2.75) is 18.5 Å². The Bertz CT molecular complexity index is 1360. The van der Waals surface area contributed by atoms with E-state index in [-0.39, 0.29) is 24.2 Å². The van der Waals surface area contributed by atoms with Crippen LogP contribution in [0.15, 0.2) is 79.0 Å². The summed E-state index contributed by atoms with van der Waals surface area (Å²) in [6.07, 6.45) is 2.01. The van der Waals surface area contributed by atoms with E-state index < -0.39 is 12.0 Å². The van der Waals surface area contributed by atoms with Crippen LogP contribution in [0.5, 0.6) is 0 Å². The van der Waals surface area contributed by atoms with Crippen LogP contribution in [0.3, 0.4) is 0 Å². The zero-order valence-corrected chi connectivity index (χ0v) is 18.5. The van der Waals surface area contributed by atoms with Crippen molar-refractivity contribution in [1.29, 1.82) is 0 Å². The second-order valence-electron chi connectivity index (χ2n) is 8.48. The molecular formula is C27H24FN3O2. The molecule has 0 spiro atoms. The Balaban J connectivity index is 1.59. The first kappa shape index (κ1) is 20.9. The zero-order chi connectivity index (χ0) is 23.1. The summed E-state index contributed by atoms with van der Waals surface area (Å²) in [5, 5.41) is 4.03. The minimum Gasteiger partial charge on any atom is -0.351 e. The molecule has 0 saturated carbocycles. The molecule has 33 heavy (non-hydrogen) atoms. The smallest absolute Gasteiger partial charge is 0.254 e. The third-order valence-electron chi connectivity index (χ3n) is 6.49. The Morgan fingerprint density at radius 1 is 0.939 bits per heavy atom. The number of hydrogen-bond acceptors (Lipinski definition) is 2. The van der Waals surface area contributed by atoms with Crippen LogP contribution in [-0.2, 0) is 18.4 Å². The van der Waals surface area contributed by atoms with E-state index in [1.165, 1.54) is 12.1 Å². The van der Waals surface area contributed by atoms with Gasteiger partial charge in [0.25, 0.3) is 5.91 Å². The van der Waals surface area contributed by atoms with Crippen molar-refractivity contribution in [3.8, 4) is 0 Å². The third-order valence-corrected chi connectivity index (χ3v) is 6.49. The van der Waals surface area contributed by atoms with Crippen LogP contribution in [0.2, 0.25) is 0 Å². The molecule has 2 atom stereocenters. The van der Waals surface area contributed by atoms with Crippen molar-refractivity contribution < 1.29 is 14.0 Å². The highest BCUT2D eigenvalue weighted by Gasteiger charge is 2.43. The van der Waals surface area contributed by atoms with Crippen molar-refractivity contribution in [3.05, 3.63) is 107 Å². The number of carbonyl (C=O) groups excluding carboxylic acids is 2. The maximum absolute atomic E-state index is 13.6. The molecule has 2 amide bonds. The van der Waals surface area contributed by atoms with Gasteiger partial charge in [-0.2, -0.15) is 0 Å². The van der Waals surface area contributed by atoms with Gasteiger partial charge in [0, 0.05) is 48.9 Å². The van der Waals surface area contributed by atoms with Gasteiger partial charge in [0.15, 0.2) is 0 Å². The molecule has 0 aliphatic carbocycles.